The fourth-order valence-corrected chi connectivity index (χ4v) is 6.07. The highest BCUT2D eigenvalue weighted by Crippen LogP contribution is 2.43. The minimum atomic E-state index is -3.56. The molecule has 0 fully saturated rings. The van der Waals surface area contributed by atoms with Crippen molar-refractivity contribution in [1.82, 2.24) is 14.8 Å². The van der Waals surface area contributed by atoms with Gasteiger partial charge in [0.15, 0.2) is 0 Å². The second kappa shape index (κ2) is 10.5. The second-order valence-corrected chi connectivity index (χ2v) is 12.4. The highest BCUT2D eigenvalue weighted by Gasteiger charge is 2.21. The Labute approximate surface area is 234 Å². The molecular formula is C28H27FN4O5S2. The quantitative estimate of drug-likeness (QED) is 0.232. The van der Waals surface area contributed by atoms with Crippen molar-refractivity contribution in [3.63, 3.8) is 0 Å². The Morgan fingerprint density at radius 1 is 1.07 bits per heavy atom. The maximum Gasteiger partial charge on any atom is 0.268 e. The summed E-state index contributed by atoms with van der Waals surface area (Å²) in [6.07, 6.45) is 2.26. The van der Waals surface area contributed by atoms with Crippen molar-refractivity contribution >= 4 is 37.1 Å². The minimum Gasteiger partial charge on any atom is -0.456 e. The third kappa shape index (κ3) is 5.24. The fourth-order valence-electron chi connectivity index (χ4n) is 4.36. The Hall–Kier alpha value is -4.03. The van der Waals surface area contributed by atoms with Crippen LogP contribution in [0.3, 0.4) is 0 Å². The number of nitrogens with zero attached hydrogens (tertiary/aromatic N) is 3. The Morgan fingerprint density at radius 2 is 1.80 bits per heavy atom. The van der Waals surface area contributed by atoms with Gasteiger partial charge in [-0.25, -0.2) is 12.8 Å². The van der Waals surface area contributed by atoms with Gasteiger partial charge in [-0.05, 0) is 68.3 Å². The zero-order valence-electron chi connectivity index (χ0n) is 22.5. The molecule has 2 aromatic carbocycles. The lowest BCUT2D eigenvalue weighted by atomic mass is 10.0. The molecule has 1 N–H and O–H groups in total. The topological polar surface area (TPSA) is 116 Å². The van der Waals surface area contributed by atoms with Gasteiger partial charge in [-0.15, -0.1) is 21.5 Å². The molecule has 208 valence electrons. The number of aromatic nitrogens is 3. The van der Waals surface area contributed by atoms with E-state index in [1.165, 1.54) is 28.0 Å². The van der Waals surface area contributed by atoms with Gasteiger partial charge in [-0.3, -0.25) is 9.52 Å². The summed E-state index contributed by atoms with van der Waals surface area (Å²) in [6, 6.07) is 9.50. The van der Waals surface area contributed by atoms with E-state index in [1.54, 1.807) is 52.2 Å². The van der Waals surface area contributed by atoms with E-state index < -0.39 is 10.0 Å². The number of ether oxygens (including phenoxy) is 1. The third-order valence-corrected chi connectivity index (χ3v) is 8.82. The van der Waals surface area contributed by atoms with E-state index in [9.17, 15) is 17.6 Å². The van der Waals surface area contributed by atoms with Gasteiger partial charge >= 0.3 is 0 Å². The lowest BCUT2D eigenvalue weighted by Gasteiger charge is -2.18. The number of aryl methyl sites for hydroxylation is 4. The molecule has 5 aromatic rings. The summed E-state index contributed by atoms with van der Waals surface area (Å²) < 4.78 is 55.3. The summed E-state index contributed by atoms with van der Waals surface area (Å²) >= 11 is 1.23. The van der Waals surface area contributed by atoms with Gasteiger partial charge in [0.05, 0.1) is 10.6 Å². The largest absolute Gasteiger partial charge is 0.456 e. The number of hydrogen-bond acceptors (Lipinski definition) is 8. The van der Waals surface area contributed by atoms with Gasteiger partial charge in [0.2, 0.25) is 15.9 Å². The van der Waals surface area contributed by atoms with E-state index in [0.29, 0.717) is 72.6 Å². The highest BCUT2D eigenvalue weighted by molar-refractivity contribution is 7.92. The number of thiophene rings is 1. The summed E-state index contributed by atoms with van der Waals surface area (Å²) in [5, 5.41) is 8.78. The van der Waals surface area contributed by atoms with Crippen LogP contribution in [0, 0.1) is 19.7 Å². The number of hydrogen-bond donors (Lipinski definition) is 1. The number of benzene rings is 2. The first-order chi connectivity index (χ1) is 19.0. The second-order valence-electron chi connectivity index (χ2n) is 9.35. The molecule has 3 heterocycles. The van der Waals surface area contributed by atoms with Gasteiger partial charge in [-0.1, -0.05) is 6.92 Å². The molecule has 9 nitrogen and oxygen atoms in total. The Kier molecular flexibility index (Phi) is 7.23. The summed E-state index contributed by atoms with van der Waals surface area (Å²) in [5.41, 5.74) is 2.49. The number of fused-ring (bicyclic) bond motifs is 1. The summed E-state index contributed by atoms with van der Waals surface area (Å²) in [7, 11) is -1.92. The Balaban J connectivity index is 1.74. The molecule has 0 saturated carbocycles. The number of sulfonamides is 1. The maximum atomic E-state index is 14.0. The van der Waals surface area contributed by atoms with Crippen LogP contribution in [-0.4, -0.2) is 28.9 Å². The van der Waals surface area contributed by atoms with Gasteiger partial charge in [0.25, 0.3) is 11.4 Å². The first kappa shape index (κ1) is 27.5. The van der Waals surface area contributed by atoms with Crippen molar-refractivity contribution < 1.29 is 22.0 Å². The third-order valence-electron chi connectivity index (χ3n) is 6.40. The first-order valence-corrected chi connectivity index (χ1v) is 15.0. The van der Waals surface area contributed by atoms with Crippen LogP contribution in [0.1, 0.15) is 30.9 Å². The zero-order chi connectivity index (χ0) is 28.8. The zero-order valence-corrected chi connectivity index (χ0v) is 24.2. The lowest BCUT2D eigenvalue weighted by Crippen LogP contribution is -2.16. The maximum absolute atomic E-state index is 14.0. The minimum absolute atomic E-state index is 0.101. The van der Waals surface area contributed by atoms with E-state index in [1.807, 2.05) is 13.0 Å². The van der Waals surface area contributed by atoms with Crippen LogP contribution in [0.4, 0.5) is 10.1 Å². The van der Waals surface area contributed by atoms with Gasteiger partial charge in [0.1, 0.15) is 22.0 Å². The fraction of sp³-hybridized carbons (Fsp3) is 0.250. The first-order valence-electron chi connectivity index (χ1n) is 12.5. The smallest absolute Gasteiger partial charge is 0.268 e. The monoisotopic (exact) mass is 582 g/mol. The average Bonchev–Trinajstić information content (AvgIpc) is 3.56. The molecule has 12 heteroatoms. The van der Waals surface area contributed by atoms with Crippen molar-refractivity contribution in [1.29, 1.82) is 0 Å². The van der Waals surface area contributed by atoms with Crippen LogP contribution in [0.15, 0.2) is 51.8 Å². The predicted octanol–water partition coefficient (Wildman–Crippen LogP) is 6.19. The molecule has 0 aliphatic rings. The van der Waals surface area contributed by atoms with Crippen LogP contribution in [-0.2, 0) is 23.5 Å². The van der Waals surface area contributed by atoms with Crippen LogP contribution in [0.2, 0.25) is 0 Å². The van der Waals surface area contributed by atoms with E-state index in [4.69, 9.17) is 9.15 Å². The number of pyridine rings is 1. The van der Waals surface area contributed by atoms with Crippen LogP contribution in [0.5, 0.6) is 11.5 Å². The summed E-state index contributed by atoms with van der Waals surface area (Å²) in [5.74, 6) is 1.20. The molecule has 40 heavy (non-hydrogen) atoms. The number of halogens is 1. The molecular weight excluding hydrogens is 555 g/mol. The molecule has 3 aromatic heterocycles. The molecule has 0 amide bonds. The average molecular weight is 583 g/mol. The van der Waals surface area contributed by atoms with Crippen LogP contribution >= 0.6 is 11.3 Å². The summed E-state index contributed by atoms with van der Waals surface area (Å²) in [6.45, 7) is 6.95. The SMILES string of the molecule is CCc1nnc(-c2cc3c(-c4cc(NS(=O)(=O)CC)ccc4Oc4c(C)cc(F)cc4C)cn(C)c(=O)c3s2)o1. The molecule has 0 saturated heterocycles. The van der Waals surface area contributed by atoms with Crippen LogP contribution < -0.4 is 15.0 Å². The van der Waals surface area contributed by atoms with Gasteiger partial charge in [0, 0.05) is 41.9 Å². The molecule has 0 radical (unpaired) electrons. The number of nitrogens with one attached hydrogen (secondary N) is 1. The van der Waals surface area contributed by atoms with Crippen molar-refractivity contribution in [3.05, 3.63) is 75.8 Å². The highest BCUT2D eigenvalue weighted by atomic mass is 32.2. The molecule has 0 unspecified atom stereocenters. The molecule has 0 spiro atoms. The van der Waals surface area contributed by atoms with E-state index >= 15 is 0 Å². The molecule has 0 atom stereocenters. The predicted molar refractivity (Wildman–Crippen MR) is 154 cm³/mol. The Bertz CT molecular complexity index is 1900. The summed E-state index contributed by atoms with van der Waals surface area (Å²) in [4.78, 5) is 13.8. The van der Waals surface area contributed by atoms with Gasteiger partial charge in [-0.2, -0.15) is 0 Å². The standard InChI is InChI=1S/C28H27FN4O5S2/c1-6-24-30-31-27(38-24)23-13-20-21(14-33(5)28(34)26(20)39-23)19-12-18(32-40(35,36)7-2)8-9-22(19)37-25-15(3)10-17(29)11-16(25)4/h8-14,32H,6-7H2,1-5H3. The molecule has 0 bridgehead atoms. The Morgan fingerprint density at radius 3 is 2.45 bits per heavy atom. The number of rotatable bonds is 8. The van der Waals surface area contributed by atoms with Crippen LogP contribution in [0.25, 0.3) is 32.0 Å². The van der Waals surface area contributed by atoms with E-state index in [0.717, 1.165) is 0 Å². The van der Waals surface area contributed by atoms with E-state index in [2.05, 4.69) is 14.9 Å². The normalized spacial score (nSPS) is 11.8. The molecule has 5 rings (SSSR count). The van der Waals surface area contributed by atoms with E-state index in [-0.39, 0.29) is 17.1 Å². The van der Waals surface area contributed by atoms with Crippen molar-refractivity contribution in [2.45, 2.75) is 34.1 Å². The number of anilines is 1. The van der Waals surface area contributed by atoms with Gasteiger partial charge < -0.3 is 13.7 Å². The molecule has 0 aliphatic heterocycles. The lowest BCUT2D eigenvalue weighted by molar-refractivity contribution is 0.474. The van der Waals surface area contributed by atoms with Crippen molar-refractivity contribution in [3.8, 4) is 33.4 Å². The van der Waals surface area contributed by atoms with Crippen molar-refractivity contribution in [2.75, 3.05) is 10.5 Å². The molecule has 0 aliphatic carbocycles. The van der Waals surface area contributed by atoms with Crippen molar-refractivity contribution in [2.24, 2.45) is 7.05 Å².